The van der Waals surface area contributed by atoms with Crippen molar-refractivity contribution in [2.45, 2.75) is 26.2 Å². The number of rotatable bonds is 5. The summed E-state index contributed by atoms with van der Waals surface area (Å²) in [5.41, 5.74) is 5.82. The summed E-state index contributed by atoms with van der Waals surface area (Å²) >= 11 is 0. The van der Waals surface area contributed by atoms with Crippen LogP contribution in [0.3, 0.4) is 0 Å². The zero-order valence-electron chi connectivity index (χ0n) is 14.4. The van der Waals surface area contributed by atoms with Crippen LogP contribution in [0.25, 0.3) is 22.3 Å². The highest BCUT2D eigenvalue weighted by Crippen LogP contribution is 2.37. The van der Waals surface area contributed by atoms with Gasteiger partial charge < -0.3 is 10.3 Å². The van der Waals surface area contributed by atoms with Gasteiger partial charge in [0, 0.05) is 24.8 Å². The predicted molar refractivity (Wildman–Crippen MR) is 97.1 cm³/mol. The van der Waals surface area contributed by atoms with Crippen molar-refractivity contribution in [3.05, 3.63) is 48.2 Å². The maximum Gasteiger partial charge on any atom is 0.416 e. The molecule has 0 aliphatic rings. The standard InChI is InChI=1S/C17H17F4N5.ClH/c1-2-26-14(4-6-24-26)13-7-11(17(19,20)21)8-15-16(13)23-10-25(15)9-12(18)3-5-22;/h3-4,6-8,10H,2,5,9,22H2,1H3;1H/b12-3-;. The number of nitrogens with two attached hydrogens (primary N) is 1. The number of halogens is 5. The lowest BCUT2D eigenvalue weighted by atomic mass is 10.0. The fourth-order valence-electron chi connectivity index (χ4n) is 2.82. The first-order valence-electron chi connectivity index (χ1n) is 7.98. The van der Waals surface area contributed by atoms with Crippen molar-refractivity contribution in [3.8, 4) is 11.3 Å². The average Bonchev–Trinajstić information content (AvgIpc) is 3.20. The topological polar surface area (TPSA) is 61.7 Å². The molecule has 0 atom stereocenters. The molecule has 5 nitrogen and oxygen atoms in total. The van der Waals surface area contributed by atoms with E-state index < -0.39 is 17.6 Å². The number of hydrogen-bond donors (Lipinski definition) is 1. The maximum atomic E-state index is 13.8. The van der Waals surface area contributed by atoms with Crippen molar-refractivity contribution in [3.63, 3.8) is 0 Å². The van der Waals surface area contributed by atoms with Gasteiger partial charge in [-0.15, -0.1) is 12.4 Å². The van der Waals surface area contributed by atoms with E-state index in [4.69, 9.17) is 5.73 Å². The first-order chi connectivity index (χ1) is 12.3. The second-order valence-corrected chi connectivity index (χ2v) is 5.68. The fourth-order valence-corrected chi connectivity index (χ4v) is 2.82. The molecule has 0 aliphatic carbocycles. The molecule has 27 heavy (non-hydrogen) atoms. The minimum atomic E-state index is -4.54. The molecule has 3 rings (SSSR count). The van der Waals surface area contributed by atoms with Crippen molar-refractivity contribution < 1.29 is 17.6 Å². The molecule has 0 unspecified atom stereocenters. The fraction of sp³-hybridized carbons (Fsp3) is 0.294. The number of aryl methyl sites for hydroxylation is 1. The number of aromatic nitrogens is 4. The minimum absolute atomic E-state index is 0. The zero-order chi connectivity index (χ0) is 18.9. The third-order valence-corrected chi connectivity index (χ3v) is 4.01. The Kier molecular flexibility index (Phi) is 6.27. The van der Waals surface area contributed by atoms with Gasteiger partial charge in [0.1, 0.15) is 5.83 Å². The van der Waals surface area contributed by atoms with Crippen molar-refractivity contribution in [1.29, 1.82) is 0 Å². The van der Waals surface area contributed by atoms with E-state index in [-0.39, 0.29) is 31.0 Å². The third-order valence-electron chi connectivity index (χ3n) is 4.01. The van der Waals surface area contributed by atoms with Gasteiger partial charge in [-0.3, -0.25) is 4.68 Å². The van der Waals surface area contributed by atoms with Crippen LogP contribution >= 0.6 is 12.4 Å². The van der Waals surface area contributed by atoms with Crippen LogP contribution in [0.4, 0.5) is 17.6 Å². The second-order valence-electron chi connectivity index (χ2n) is 5.68. The molecule has 0 bridgehead atoms. The minimum Gasteiger partial charge on any atom is -0.327 e. The molecule has 0 saturated carbocycles. The highest BCUT2D eigenvalue weighted by molar-refractivity contribution is 5.92. The summed E-state index contributed by atoms with van der Waals surface area (Å²) in [5.74, 6) is -0.538. The Morgan fingerprint density at radius 1 is 1.30 bits per heavy atom. The van der Waals surface area contributed by atoms with Crippen molar-refractivity contribution >= 4 is 23.4 Å². The number of fused-ring (bicyclic) bond motifs is 1. The normalized spacial score (nSPS) is 12.4. The first kappa shape index (κ1) is 20.9. The number of imidazole rings is 1. The van der Waals surface area contributed by atoms with E-state index in [0.29, 0.717) is 23.3 Å². The van der Waals surface area contributed by atoms with E-state index in [9.17, 15) is 17.6 Å². The number of allylic oxidation sites excluding steroid dienone is 1. The van der Waals surface area contributed by atoms with Gasteiger partial charge in [-0.1, -0.05) is 0 Å². The lowest BCUT2D eigenvalue weighted by Crippen LogP contribution is -2.07. The van der Waals surface area contributed by atoms with Gasteiger partial charge in [-0.05, 0) is 31.2 Å². The van der Waals surface area contributed by atoms with Gasteiger partial charge in [-0.25, -0.2) is 9.37 Å². The number of benzene rings is 1. The molecule has 2 N–H and O–H groups in total. The quantitative estimate of drug-likeness (QED) is 0.650. The average molecular weight is 404 g/mol. The molecular formula is C17H18ClF4N5. The Hall–Kier alpha value is -2.39. The van der Waals surface area contributed by atoms with Crippen LogP contribution in [0.5, 0.6) is 0 Å². The summed E-state index contributed by atoms with van der Waals surface area (Å²) in [7, 11) is 0. The summed E-state index contributed by atoms with van der Waals surface area (Å²) in [6.45, 7) is 2.11. The Morgan fingerprint density at radius 2 is 2.04 bits per heavy atom. The Morgan fingerprint density at radius 3 is 2.67 bits per heavy atom. The van der Waals surface area contributed by atoms with Crippen LogP contribution in [0.2, 0.25) is 0 Å². The molecule has 2 aromatic heterocycles. The predicted octanol–water partition coefficient (Wildman–Crippen LogP) is 4.17. The summed E-state index contributed by atoms with van der Waals surface area (Å²) in [4.78, 5) is 4.22. The highest BCUT2D eigenvalue weighted by atomic mass is 35.5. The Labute approximate surface area is 158 Å². The molecule has 146 valence electrons. The van der Waals surface area contributed by atoms with Crippen LogP contribution in [-0.2, 0) is 19.3 Å². The molecule has 2 heterocycles. The van der Waals surface area contributed by atoms with E-state index >= 15 is 0 Å². The molecule has 0 radical (unpaired) electrons. The van der Waals surface area contributed by atoms with E-state index in [1.807, 2.05) is 6.92 Å². The molecule has 0 saturated heterocycles. The van der Waals surface area contributed by atoms with Gasteiger partial charge in [0.15, 0.2) is 0 Å². The number of alkyl halides is 3. The summed E-state index contributed by atoms with van der Waals surface area (Å²) < 4.78 is 56.9. The SMILES string of the molecule is CCn1nccc1-c1cc(C(F)(F)F)cc2c1ncn2C/C(F)=C/CN.Cl. The monoisotopic (exact) mass is 403 g/mol. The Bertz CT molecular complexity index is 958. The lowest BCUT2D eigenvalue weighted by Gasteiger charge is -2.12. The van der Waals surface area contributed by atoms with E-state index in [1.165, 1.54) is 23.2 Å². The summed E-state index contributed by atoms with van der Waals surface area (Å²) in [6, 6.07) is 3.66. The molecule has 3 aromatic rings. The smallest absolute Gasteiger partial charge is 0.327 e. The lowest BCUT2D eigenvalue weighted by molar-refractivity contribution is -0.137. The Balaban J connectivity index is 0.00000261. The summed E-state index contributed by atoms with van der Waals surface area (Å²) in [5, 5.41) is 4.11. The molecule has 0 spiro atoms. The van der Waals surface area contributed by atoms with Gasteiger partial charge in [0.25, 0.3) is 0 Å². The van der Waals surface area contributed by atoms with Gasteiger partial charge in [0.05, 0.1) is 35.2 Å². The molecule has 1 aromatic carbocycles. The van der Waals surface area contributed by atoms with Gasteiger partial charge in [0.2, 0.25) is 0 Å². The van der Waals surface area contributed by atoms with Crippen LogP contribution in [0.15, 0.2) is 42.6 Å². The third kappa shape index (κ3) is 4.14. The zero-order valence-corrected chi connectivity index (χ0v) is 15.2. The van der Waals surface area contributed by atoms with Crippen molar-refractivity contribution in [1.82, 2.24) is 19.3 Å². The van der Waals surface area contributed by atoms with Crippen molar-refractivity contribution in [2.75, 3.05) is 6.54 Å². The van der Waals surface area contributed by atoms with E-state index in [1.54, 1.807) is 10.7 Å². The molecule has 0 aliphatic heterocycles. The largest absolute Gasteiger partial charge is 0.416 e. The van der Waals surface area contributed by atoms with Crippen LogP contribution in [-0.4, -0.2) is 25.9 Å². The molecule has 10 heteroatoms. The molecule has 0 fully saturated rings. The van der Waals surface area contributed by atoms with Gasteiger partial charge >= 0.3 is 6.18 Å². The van der Waals surface area contributed by atoms with Crippen LogP contribution < -0.4 is 5.73 Å². The van der Waals surface area contributed by atoms with E-state index in [2.05, 4.69) is 10.1 Å². The maximum absolute atomic E-state index is 13.8. The second kappa shape index (κ2) is 8.10. The first-order valence-corrected chi connectivity index (χ1v) is 7.98. The number of nitrogens with zero attached hydrogens (tertiary/aromatic N) is 4. The van der Waals surface area contributed by atoms with E-state index in [0.717, 1.165) is 12.1 Å². The highest BCUT2D eigenvalue weighted by Gasteiger charge is 2.32. The molecule has 0 amide bonds. The number of hydrogen-bond acceptors (Lipinski definition) is 3. The van der Waals surface area contributed by atoms with Gasteiger partial charge in [-0.2, -0.15) is 18.3 Å². The van der Waals surface area contributed by atoms with Crippen LogP contribution in [0.1, 0.15) is 12.5 Å². The van der Waals surface area contributed by atoms with Crippen LogP contribution in [0, 0.1) is 0 Å². The summed E-state index contributed by atoms with van der Waals surface area (Å²) in [6.07, 6.45) is -0.524. The molecular weight excluding hydrogens is 386 g/mol. The van der Waals surface area contributed by atoms with Crippen molar-refractivity contribution in [2.24, 2.45) is 5.73 Å².